The van der Waals surface area contributed by atoms with Crippen LogP contribution in [0.2, 0.25) is 5.02 Å². The van der Waals surface area contributed by atoms with Crippen LogP contribution in [-0.4, -0.2) is 34.7 Å². The summed E-state index contributed by atoms with van der Waals surface area (Å²) in [5.74, 6) is -0.0576. The van der Waals surface area contributed by atoms with Crippen molar-refractivity contribution < 1.29 is 9.50 Å². The topological polar surface area (TPSA) is 28.4 Å². The number of aryl methyl sites for hydroxylation is 1. The van der Waals surface area contributed by atoms with Gasteiger partial charge in [0.15, 0.2) is 0 Å². The van der Waals surface area contributed by atoms with Crippen LogP contribution >= 0.6 is 11.6 Å². The summed E-state index contributed by atoms with van der Waals surface area (Å²) in [5, 5.41) is 13.7. The van der Waals surface area contributed by atoms with Gasteiger partial charge in [0, 0.05) is 47.2 Å². The Morgan fingerprint density at radius 3 is 2.71 bits per heavy atom. The lowest BCUT2D eigenvalue weighted by molar-refractivity contribution is 0.0107. The molecule has 0 saturated carbocycles. The first-order valence-electron chi connectivity index (χ1n) is 9.92. The molecule has 0 saturated heterocycles. The summed E-state index contributed by atoms with van der Waals surface area (Å²) in [6.45, 7) is 2.63. The van der Waals surface area contributed by atoms with Crippen molar-refractivity contribution in [3.8, 4) is 0 Å². The summed E-state index contributed by atoms with van der Waals surface area (Å²) in [5.41, 5.74) is 3.76. The first-order valence-corrected chi connectivity index (χ1v) is 10.3. The highest BCUT2D eigenvalue weighted by Crippen LogP contribution is 2.45. The lowest BCUT2D eigenvalue weighted by atomic mass is 9.81. The van der Waals surface area contributed by atoms with E-state index < -0.39 is 5.60 Å². The van der Waals surface area contributed by atoms with E-state index in [1.807, 2.05) is 6.07 Å². The van der Waals surface area contributed by atoms with Crippen molar-refractivity contribution in [2.75, 3.05) is 20.1 Å². The first-order chi connectivity index (χ1) is 13.4. The Labute approximate surface area is 169 Å². The van der Waals surface area contributed by atoms with E-state index in [1.54, 1.807) is 12.1 Å². The predicted molar refractivity (Wildman–Crippen MR) is 110 cm³/mol. The van der Waals surface area contributed by atoms with Gasteiger partial charge in [0.25, 0.3) is 0 Å². The SMILES string of the molecule is CN1CCc2c3n(c4ccc(Cl)cc24)CCC(O)(c2ccc(F)cc2)CC3C1. The Bertz CT molecular complexity index is 1040. The molecule has 1 aromatic heterocycles. The summed E-state index contributed by atoms with van der Waals surface area (Å²) in [7, 11) is 2.15. The number of benzene rings is 2. The fourth-order valence-electron chi connectivity index (χ4n) is 5.23. The second-order valence-electron chi connectivity index (χ2n) is 8.38. The summed E-state index contributed by atoms with van der Waals surface area (Å²) < 4.78 is 15.8. The van der Waals surface area contributed by atoms with Crippen LogP contribution in [0.25, 0.3) is 10.9 Å². The number of aromatic nitrogens is 1. The maximum absolute atomic E-state index is 13.4. The van der Waals surface area contributed by atoms with E-state index in [4.69, 9.17) is 11.6 Å². The predicted octanol–water partition coefficient (Wildman–Crippen LogP) is 4.69. The van der Waals surface area contributed by atoms with Crippen LogP contribution in [-0.2, 0) is 18.6 Å². The van der Waals surface area contributed by atoms with Gasteiger partial charge in [-0.1, -0.05) is 23.7 Å². The lowest BCUT2D eigenvalue weighted by Gasteiger charge is -2.31. The van der Waals surface area contributed by atoms with Crippen LogP contribution in [0.3, 0.4) is 0 Å². The van der Waals surface area contributed by atoms with Crippen LogP contribution in [0.1, 0.15) is 35.6 Å². The van der Waals surface area contributed by atoms with Crippen molar-refractivity contribution in [3.63, 3.8) is 0 Å². The average molecular weight is 399 g/mol. The van der Waals surface area contributed by atoms with Gasteiger partial charge in [0.05, 0.1) is 5.60 Å². The van der Waals surface area contributed by atoms with Gasteiger partial charge in [0.1, 0.15) is 5.82 Å². The minimum Gasteiger partial charge on any atom is -0.385 e. The zero-order valence-corrected chi connectivity index (χ0v) is 16.7. The molecule has 0 aliphatic carbocycles. The standard InChI is InChI=1S/C23H24ClFN2O/c1-26-10-8-19-20-12-17(24)4-7-21(20)27-11-9-23(28,13-15(14-26)22(19)27)16-2-5-18(25)6-3-16/h2-7,12,15,28H,8-11,13-14H2,1H3. The van der Waals surface area contributed by atoms with E-state index in [2.05, 4.69) is 28.6 Å². The first kappa shape index (κ1) is 18.2. The van der Waals surface area contributed by atoms with Gasteiger partial charge in [0.2, 0.25) is 0 Å². The van der Waals surface area contributed by atoms with E-state index in [1.165, 1.54) is 34.3 Å². The van der Waals surface area contributed by atoms with Crippen molar-refractivity contribution in [1.82, 2.24) is 9.47 Å². The number of hydrogen-bond donors (Lipinski definition) is 1. The summed E-state index contributed by atoms with van der Waals surface area (Å²) in [4.78, 5) is 2.35. The number of nitrogens with zero attached hydrogens (tertiary/aromatic N) is 2. The Morgan fingerprint density at radius 1 is 1.14 bits per heavy atom. The van der Waals surface area contributed by atoms with Crippen molar-refractivity contribution in [1.29, 1.82) is 0 Å². The molecule has 2 aliphatic rings. The van der Waals surface area contributed by atoms with Gasteiger partial charge in [-0.25, -0.2) is 4.39 Å². The number of rotatable bonds is 1. The van der Waals surface area contributed by atoms with Gasteiger partial charge in [-0.2, -0.15) is 0 Å². The molecule has 0 fully saturated rings. The van der Waals surface area contributed by atoms with E-state index in [0.29, 0.717) is 12.8 Å². The molecule has 0 spiro atoms. The van der Waals surface area contributed by atoms with Crippen LogP contribution in [0, 0.1) is 5.82 Å². The molecule has 5 heteroatoms. The number of halogens is 2. The third kappa shape index (κ3) is 2.86. The molecule has 28 heavy (non-hydrogen) atoms. The third-order valence-corrected chi connectivity index (χ3v) is 6.79. The molecule has 2 atom stereocenters. The van der Waals surface area contributed by atoms with Crippen molar-refractivity contribution >= 4 is 22.5 Å². The van der Waals surface area contributed by atoms with Crippen LogP contribution in [0.15, 0.2) is 42.5 Å². The van der Waals surface area contributed by atoms with E-state index in [0.717, 1.165) is 36.6 Å². The molecule has 2 unspecified atom stereocenters. The fourth-order valence-corrected chi connectivity index (χ4v) is 5.41. The Kier molecular flexibility index (Phi) is 4.27. The molecule has 0 radical (unpaired) electrons. The maximum Gasteiger partial charge on any atom is 0.123 e. The number of fused-ring (bicyclic) bond motifs is 3. The maximum atomic E-state index is 13.4. The normalized spacial score (nSPS) is 25.4. The largest absolute Gasteiger partial charge is 0.385 e. The summed E-state index contributed by atoms with van der Waals surface area (Å²) in [6, 6.07) is 12.5. The molecule has 146 valence electrons. The highest BCUT2D eigenvalue weighted by Gasteiger charge is 2.40. The molecule has 3 heterocycles. The van der Waals surface area contributed by atoms with Gasteiger partial charge in [-0.3, -0.25) is 0 Å². The molecule has 0 bridgehead atoms. The zero-order valence-electron chi connectivity index (χ0n) is 16.0. The molecule has 2 aromatic carbocycles. The Balaban J connectivity index is 1.66. The monoisotopic (exact) mass is 398 g/mol. The molecular weight excluding hydrogens is 375 g/mol. The van der Waals surface area contributed by atoms with Gasteiger partial charge in [-0.05, 0) is 67.8 Å². The quantitative estimate of drug-likeness (QED) is 0.644. The van der Waals surface area contributed by atoms with Crippen molar-refractivity contribution in [2.45, 2.75) is 37.3 Å². The lowest BCUT2D eigenvalue weighted by Crippen LogP contribution is -2.31. The molecule has 1 N–H and O–H groups in total. The number of hydrogen-bond acceptors (Lipinski definition) is 2. The highest BCUT2D eigenvalue weighted by molar-refractivity contribution is 6.31. The van der Waals surface area contributed by atoms with Gasteiger partial charge < -0.3 is 14.6 Å². The van der Waals surface area contributed by atoms with Crippen LogP contribution in [0.5, 0.6) is 0 Å². The number of aliphatic hydroxyl groups is 1. The fraction of sp³-hybridized carbons (Fsp3) is 0.391. The highest BCUT2D eigenvalue weighted by atomic mass is 35.5. The zero-order chi connectivity index (χ0) is 19.5. The summed E-state index contributed by atoms with van der Waals surface area (Å²) in [6.07, 6.45) is 2.23. The molecule has 3 nitrogen and oxygen atoms in total. The second kappa shape index (κ2) is 6.58. The smallest absolute Gasteiger partial charge is 0.123 e. The molecular formula is C23H24ClFN2O. The van der Waals surface area contributed by atoms with Gasteiger partial charge in [-0.15, -0.1) is 0 Å². The summed E-state index contributed by atoms with van der Waals surface area (Å²) >= 11 is 6.32. The molecule has 3 aromatic rings. The van der Waals surface area contributed by atoms with E-state index >= 15 is 0 Å². The van der Waals surface area contributed by atoms with Gasteiger partial charge >= 0.3 is 0 Å². The second-order valence-corrected chi connectivity index (χ2v) is 8.82. The minimum absolute atomic E-state index is 0.214. The van der Waals surface area contributed by atoms with Crippen LogP contribution < -0.4 is 0 Å². The van der Waals surface area contributed by atoms with Crippen LogP contribution in [0.4, 0.5) is 4.39 Å². The Hall–Kier alpha value is -1.88. The minimum atomic E-state index is -0.960. The van der Waals surface area contributed by atoms with E-state index in [-0.39, 0.29) is 11.7 Å². The average Bonchev–Trinajstić information content (AvgIpc) is 2.76. The molecule has 5 rings (SSSR count). The third-order valence-electron chi connectivity index (χ3n) is 6.55. The van der Waals surface area contributed by atoms with E-state index in [9.17, 15) is 9.50 Å². The van der Waals surface area contributed by atoms with Crippen molar-refractivity contribution in [3.05, 3.63) is 70.1 Å². The Morgan fingerprint density at radius 2 is 1.93 bits per heavy atom. The molecule has 0 amide bonds. The number of likely N-dealkylation sites (N-methyl/N-ethyl adjacent to an activating group) is 1. The molecule has 2 aliphatic heterocycles. The van der Waals surface area contributed by atoms with Crippen molar-refractivity contribution in [2.24, 2.45) is 0 Å².